The molecule has 1 aliphatic heterocycles. The van der Waals surface area contributed by atoms with Crippen molar-refractivity contribution in [1.82, 2.24) is 20.9 Å². The number of likely N-dealkylation sites (tertiary alicyclic amines) is 1. The highest BCUT2D eigenvalue weighted by Gasteiger charge is 2.51. The first-order valence-corrected chi connectivity index (χ1v) is 16.2. The first kappa shape index (κ1) is 36.3. The van der Waals surface area contributed by atoms with Crippen molar-refractivity contribution in [1.29, 1.82) is 0 Å². The van der Waals surface area contributed by atoms with E-state index in [1.165, 1.54) is 12.1 Å². The maximum Gasteiger partial charge on any atom is 0.312 e. The molecule has 17 nitrogen and oxygen atoms in total. The van der Waals surface area contributed by atoms with Crippen molar-refractivity contribution in [3.63, 3.8) is 0 Å². The Morgan fingerprint density at radius 2 is 1.83 bits per heavy atom. The normalized spacial score (nSPS) is 18.0. The van der Waals surface area contributed by atoms with Crippen molar-refractivity contribution in [2.75, 3.05) is 38.2 Å². The zero-order valence-electron chi connectivity index (χ0n) is 25.4. The zero-order chi connectivity index (χ0) is 34.1. The second-order valence-electron chi connectivity index (χ2n) is 11.2. The molecular formula is C28H40N6O11S. The van der Waals surface area contributed by atoms with Gasteiger partial charge in [-0.2, -0.15) is 8.42 Å². The summed E-state index contributed by atoms with van der Waals surface area (Å²) in [5.41, 5.74) is 3.49. The molecule has 0 spiro atoms. The minimum Gasteiger partial charge on any atom is -0.392 e. The molecule has 1 aliphatic carbocycles. The number of carbonyl (C=O) groups excluding carboxylic acids is 6. The lowest BCUT2D eigenvalue weighted by Crippen LogP contribution is -2.58. The van der Waals surface area contributed by atoms with Gasteiger partial charge in [-0.05, 0) is 43.4 Å². The smallest absolute Gasteiger partial charge is 0.312 e. The number of benzene rings is 1. The summed E-state index contributed by atoms with van der Waals surface area (Å²) in [5, 5.41) is 19.5. The summed E-state index contributed by atoms with van der Waals surface area (Å²) in [6.07, 6.45) is 1.40. The van der Waals surface area contributed by atoms with Gasteiger partial charge in [0.1, 0.15) is 16.4 Å². The van der Waals surface area contributed by atoms with Gasteiger partial charge in [0.2, 0.25) is 29.5 Å². The Morgan fingerprint density at radius 1 is 1.11 bits per heavy atom. The van der Waals surface area contributed by atoms with E-state index in [1.54, 1.807) is 6.92 Å². The van der Waals surface area contributed by atoms with Crippen LogP contribution in [0.1, 0.15) is 51.0 Å². The molecule has 1 saturated heterocycles. The molecule has 1 aromatic carbocycles. The van der Waals surface area contributed by atoms with Crippen LogP contribution in [-0.4, -0.2) is 97.4 Å². The molecule has 18 heteroatoms. The average molecular weight is 669 g/mol. The van der Waals surface area contributed by atoms with Gasteiger partial charge in [-0.3, -0.25) is 33.4 Å². The number of urea groups is 1. The maximum absolute atomic E-state index is 13.5. The van der Waals surface area contributed by atoms with Crippen LogP contribution in [0.3, 0.4) is 0 Å². The number of aliphatic hydroxyl groups excluding tert-OH is 1. The predicted molar refractivity (Wildman–Crippen MR) is 160 cm³/mol. The van der Waals surface area contributed by atoms with Crippen molar-refractivity contribution in [2.24, 2.45) is 17.1 Å². The number of aliphatic hydroxyl groups is 1. The Balaban J connectivity index is 1.60. The van der Waals surface area contributed by atoms with Crippen molar-refractivity contribution >= 4 is 51.4 Å². The Kier molecular flexibility index (Phi) is 12.6. The molecule has 0 bridgehead atoms. The van der Waals surface area contributed by atoms with E-state index in [4.69, 9.17) is 10.5 Å². The third kappa shape index (κ3) is 9.21. The van der Waals surface area contributed by atoms with E-state index in [0.717, 1.165) is 11.0 Å². The van der Waals surface area contributed by atoms with Crippen LogP contribution in [0.25, 0.3) is 0 Å². The van der Waals surface area contributed by atoms with E-state index in [9.17, 15) is 46.8 Å². The van der Waals surface area contributed by atoms with E-state index in [2.05, 4.69) is 21.3 Å². The predicted octanol–water partition coefficient (Wildman–Crippen LogP) is -1.00. The number of nitrogens with one attached hydrogen (secondary N) is 4. The molecule has 2 aliphatic rings. The Hall–Kier alpha value is -4.13. The maximum atomic E-state index is 13.5. The zero-order valence-corrected chi connectivity index (χ0v) is 26.2. The van der Waals surface area contributed by atoms with Crippen LogP contribution in [-0.2, 0) is 45.4 Å². The molecule has 1 saturated carbocycles. The summed E-state index contributed by atoms with van der Waals surface area (Å²) in [6.45, 7) is 1.37. The van der Waals surface area contributed by atoms with Gasteiger partial charge >= 0.3 is 6.03 Å². The molecule has 7 amide bonds. The van der Waals surface area contributed by atoms with Crippen molar-refractivity contribution < 1.29 is 51.6 Å². The summed E-state index contributed by atoms with van der Waals surface area (Å²) in [6, 6.07) is 1.45. The van der Waals surface area contributed by atoms with E-state index in [1.807, 2.05) is 0 Å². The summed E-state index contributed by atoms with van der Waals surface area (Å²) >= 11 is 0. The largest absolute Gasteiger partial charge is 0.392 e. The van der Waals surface area contributed by atoms with Crippen molar-refractivity contribution in [2.45, 2.75) is 63.0 Å². The highest BCUT2D eigenvalue weighted by Crippen LogP contribution is 2.41. The molecule has 2 atom stereocenters. The van der Waals surface area contributed by atoms with E-state index in [0.29, 0.717) is 6.42 Å². The number of anilines is 1. The fraction of sp³-hybridized carbons (Fsp3) is 0.571. The molecule has 1 heterocycles. The van der Waals surface area contributed by atoms with Gasteiger partial charge in [0.15, 0.2) is 0 Å². The molecular weight excluding hydrogens is 628 g/mol. The van der Waals surface area contributed by atoms with Crippen molar-refractivity contribution in [3.8, 4) is 0 Å². The number of nitrogens with zero attached hydrogens (tertiary/aromatic N) is 1. The summed E-state index contributed by atoms with van der Waals surface area (Å²) in [7, 11) is -4.73. The molecule has 8 N–H and O–H groups in total. The number of amides is 7. The third-order valence-electron chi connectivity index (χ3n) is 7.91. The Bertz CT molecular complexity index is 1450. The minimum absolute atomic E-state index is 0.00404. The minimum atomic E-state index is -4.73. The molecule has 1 aromatic rings. The van der Waals surface area contributed by atoms with Gasteiger partial charge in [0.05, 0.1) is 26.4 Å². The fourth-order valence-electron chi connectivity index (χ4n) is 5.15. The molecule has 0 aromatic heterocycles. The first-order chi connectivity index (χ1) is 21.7. The van der Waals surface area contributed by atoms with Gasteiger partial charge in [-0.25, -0.2) is 4.79 Å². The van der Waals surface area contributed by atoms with Crippen LogP contribution in [0.5, 0.6) is 0 Å². The summed E-state index contributed by atoms with van der Waals surface area (Å²) < 4.78 is 38.4. The lowest BCUT2D eigenvalue weighted by Gasteiger charge is -2.39. The summed E-state index contributed by atoms with van der Waals surface area (Å²) in [4.78, 5) is 75.3. The lowest BCUT2D eigenvalue weighted by molar-refractivity contribution is -0.151. The molecule has 3 rings (SSSR count). The van der Waals surface area contributed by atoms with Crippen molar-refractivity contribution in [3.05, 3.63) is 23.8 Å². The lowest BCUT2D eigenvalue weighted by atomic mass is 9.67. The number of ether oxygens (including phenoxy) is 1. The van der Waals surface area contributed by atoms with Gasteiger partial charge < -0.3 is 36.8 Å². The highest BCUT2D eigenvalue weighted by atomic mass is 32.2. The van der Waals surface area contributed by atoms with Gasteiger partial charge in [0, 0.05) is 31.1 Å². The van der Waals surface area contributed by atoms with Crippen LogP contribution >= 0.6 is 0 Å². The Morgan fingerprint density at radius 3 is 2.39 bits per heavy atom. The number of carbonyl (C=O) groups is 6. The standard InChI is InChI=1S/C28H40N6O11S/c1-17-14-22(36)34(24(17)38)11-13-45-12-10-30-25(39)28(7-3-8-28)26(40)33-20(4-2-9-31-27(29)41)23(37)32-19-6-5-18(16-35)21(15-19)46(42,43)44/h5-6,15,17,20,35H,2-4,7-14,16H2,1H3,(H,30,39)(H,32,37)(H,33,40)(H3,29,31,41)(H,42,43,44)/t17?,20-/m0/s1. The monoisotopic (exact) mass is 668 g/mol. The Labute approximate surface area is 265 Å². The number of hydrogen-bond donors (Lipinski definition) is 7. The fourth-order valence-corrected chi connectivity index (χ4v) is 5.89. The van der Waals surface area contributed by atoms with Gasteiger partial charge in [-0.1, -0.05) is 19.4 Å². The molecule has 254 valence electrons. The van der Waals surface area contributed by atoms with Crippen LogP contribution in [0, 0.1) is 11.3 Å². The second-order valence-corrected chi connectivity index (χ2v) is 12.6. The van der Waals surface area contributed by atoms with Gasteiger partial charge in [-0.15, -0.1) is 0 Å². The van der Waals surface area contributed by atoms with Crippen LogP contribution in [0.15, 0.2) is 23.1 Å². The number of imide groups is 1. The molecule has 2 fully saturated rings. The highest BCUT2D eigenvalue weighted by molar-refractivity contribution is 7.85. The topological polar surface area (TPSA) is 264 Å². The second kappa shape index (κ2) is 15.9. The van der Waals surface area contributed by atoms with Crippen LogP contribution in [0.4, 0.5) is 10.5 Å². The number of nitrogens with two attached hydrogens (primary N) is 1. The third-order valence-corrected chi connectivity index (χ3v) is 8.85. The van der Waals surface area contributed by atoms with Crippen LogP contribution < -0.4 is 27.0 Å². The van der Waals surface area contributed by atoms with E-state index < -0.39 is 56.8 Å². The number of primary amides is 1. The molecule has 1 unspecified atom stereocenters. The quantitative estimate of drug-likeness (QED) is 0.0458. The van der Waals surface area contributed by atoms with E-state index >= 15 is 0 Å². The number of rotatable bonds is 17. The van der Waals surface area contributed by atoms with Crippen LogP contribution in [0.2, 0.25) is 0 Å². The number of hydrogen-bond acceptors (Lipinski definition) is 10. The SMILES string of the molecule is CC1CC(=O)N(CCOCCNC(=O)C2(C(=O)N[C@@H](CCCNC(N)=O)C(=O)Nc3ccc(CO)c(S(=O)(=O)O)c3)CCC2)C1=O. The van der Waals surface area contributed by atoms with Gasteiger partial charge in [0.25, 0.3) is 10.1 Å². The average Bonchev–Trinajstić information content (AvgIpc) is 3.20. The summed E-state index contributed by atoms with van der Waals surface area (Å²) in [5.74, 6) is -2.90. The molecule has 0 radical (unpaired) electrons. The van der Waals surface area contributed by atoms with E-state index in [-0.39, 0.29) is 93.9 Å². The molecule has 46 heavy (non-hydrogen) atoms. The first-order valence-electron chi connectivity index (χ1n) is 14.8.